The normalized spacial score (nSPS) is 11.8. The number of nitrogens with zero attached hydrogens (tertiary/aromatic N) is 1. The second kappa shape index (κ2) is 9.48. The van der Waals surface area contributed by atoms with E-state index in [1.54, 1.807) is 42.5 Å². The summed E-state index contributed by atoms with van der Waals surface area (Å²) in [5.41, 5.74) is 1.35. The van der Waals surface area contributed by atoms with E-state index in [1.807, 2.05) is 0 Å². The van der Waals surface area contributed by atoms with Crippen LogP contribution in [0, 0.1) is 5.82 Å². The van der Waals surface area contributed by atoms with Crippen molar-refractivity contribution in [2.75, 3.05) is 17.9 Å². The van der Waals surface area contributed by atoms with E-state index in [1.165, 1.54) is 18.3 Å². The van der Waals surface area contributed by atoms with E-state index in [-0.39, 0.29) is 30.6 Å². The van der Waals surface area contributed by atoms with Crippen molar-refractivity contribution in [1.82, 2.24) is 4.98 Å². The molecule has 7 nitrogen and oxygen atoms in total. The first-order valence-electron chi connectivity index (χ1n) is 9.27. The summed E-state index contributed by atoms with van der Waals surface area (Å²) in [5.74, 6) is -0.0413. The summed E-state index contributed by atoms with van der Waals surface area (Å²) in [5, 5.41) is 3.14. The second-order valence-electron chi connectivity index (χ2n) is 6.47. The van der Waals surface area contributed by atoms with Crippen molar-refractivity contribution in [2.45, 2.75) is 11.6 Å². The quantitative estimate of drug-likeness (QED) is 0.438. The van der Waals surface area contributed by atoms with Gasteiger partial charge < -0.3 is 19.5 Å². The zero-order valence-electron chi connectivity index (χ0n) is 16.2. The van der Waals surface area contributed by atoms with Gasteiger partial charge in [0.2, 0.25) is 12.7 Å². The number of benzene rings is 2. The standard InChI is InChI=1S/C22H17FN2O5S/c23-15-4-1-3-14(9-15)11-28-22(27)17-5-2-8-24-21(17)31-12-20(26)25-16-6-7-18-19(10-16)30-13-29-18/h1-10H,11-13H2,(H,25,26). The molecule has 158 valence electrons. The van der Waals surface area contributed by atoms with E-state index in [4.69, 9.17) is 14.2 Å². The molecule has 0 radical (unpaired) electrons. The Labute approximate surface area is 181 Å². The average Bonchev–Trinajstić information content (AvgIpc) is 3.24. The molecule has 1 aromatic heterocycles. The number of hydrogen-bond acceptors (Lipinski definition) is 7. The number of amides is 1. The molecular weight excluding hydrogens is 423 g/mol. The number of halogens is 1. The molecule has 1 aliphatic heterocycles. The Kier molecular flexibility index (Phi) is 6.32. The van der Waals surface area contributed by atoms with Gasteiger partial charge in [0.1, 0.15) is 17.5 Å². The lowest BCUT2D eigenvalue weighted by Crippen LogP contribution is -2.15. The lowest BCUT2D eigenvalue weighted by atomic mass is 10.2. The molecule has 0 fully saturated rings. The molecule has 3 aromatic rings. The van der Waals surface area contributed by atoms with Crippen LogP contribution < -0.4 is 14.8 Å². The number of carbonyl (C=O) groups is 2. The Bertz CT molecular complexity index is 1120. The molecule has 2 aromatic carbocycles. The van der Waals surface area contributed by atoms with Crippen LogP contribution in [0.5, 0.6) is 11.5 Å². The zero-order valence-corrected chi connectivity index (χ0v) is 17.0. The molecule has 2 heterocycles. The predicted octanol–water partition coefficient (Wildman–Crippen LogP) is 4.04. The maximum atomic E-state index is 13.3. The highest BCUT2D eigenvalue weighted by Gasteiger charge is 2.17. The third kappa shape index (κ3) is 5.32. The molecule has 0 saturated carbocycles. The molecule has 0 unspecified atom stereocenters. The number of pyridine rings is 1. The van der Waals surface area contributed by atoms with Crippen molar-refractivity contribution in [3.63, 3.8) is 0 Å². The topological polar surface area (TPSA) is 86.8 Å². The molecule has 1 N–H and O–H groups in total. The Hall–Kier alpha value is -3.59. The van der Waals surface area contributed by atoms with Crippen LogP contribution in [0.2, 0.25) is 0 Å². The first kappa shape index (κ1) is 20.7. The third-order valence-corrected chi connectivity index (χ3v) is 5.25. The van der Waals surface area contributed by atoms with Gasteiger partial charge in [0.15, 0.2) is 11.5 Å². The number of anilines is 1. The highest BCUT2D eigenvalue weighted by atomic mass is 32.2. The van der Waals surface area contributed by atoms with E-state index < -0.39 is 11.8 Å². The van der Waals surface area contributed by atoms with Gasteiger partial charge in [0, 0.05) is 18.0 Å². The number of carbonyl (C=O) groups excluding carboxylic acids is 2. The van der Waals surface area contributed by atoms with Crippen LogP contribution in [-0.4, -0.2) is 29.4 Å². The summed E-state index contributed by atoms with van der Waals surface area (Å²) in [4.78, 5) is 29.0. The van der Waals surface area contributed by atoms with Crippen LogP contribution in [0.3, 0.4) is 0 Å². The van der Waals surface area contributed by atoms with Gasteiger partial charge in [-0.05, 0) is 42.0 Å². The van der Waals surface area contributed by atoms with E-state index in [9.17, 15) is 14.0 Å². The highest BCUT2D eigenvalue weighted by molar-refractivity contribution is 8.00. The minimum atomic E-state index is -0.601. The van der Waals surface area contributed by atoms with E-state index in [2.05, 4.69) is 10.3 Å². The van der Waals surface area contributed by atoms with Gasteiger partial charge in [0.25, 0.3) is 0 Å². The van der Waals surface area contributed by atoms with Gasteiger partial charge in [-0.15, -0.1) is 0 Å². The van der Waals surface area contributed by atoms with Gasteiger partial charge in [0.05, 0.1) is 11.3 Å². The molecule has 1 aliphatic rings. The second-order valence-corrected chi connectivity index (χ2v) is 7.43. The van der Waals surface area contributed by atoms with Gasteiger partial charge in [-0.2, -0.15) is 0 Å². The molecule has 0 spiro atoms. The lowest BCUT2D eigenvalue weighted by molar-refractivity contribution is -0.113. The Morgan fingerprint density at radius 1 is 1.10 bits per heavy atom. The first-order chi connectivity index (χ1) is 15.1. The lowest BCUT2D eigenvalue weighted by Gasteiger charge is -2.09. The molecule has 4 rings (SSSR count). The number of rotatable bonds is 7. The number of fused-ring (bicyclic) bond motifs is 1. The highest BCUT2D eigenvalue weighted by Crippen LogP contribution is 2.34. The van der Waals surface area contributed by atoms with Crippen molar-refractivity contribution >= 4 is 29.3 Å². The van der Waals surface area contributed by atoms with Gasteiger partial charge in [-0.1, -0.05) is 23.9 Å². The number of esters is 1. The van der Waals surface area contributed by atoms with Crippen LogP contribution >= 0.6 is 11.8 Å². The van der Waals surface area contributed by atoms with Crippen molar-refractivity contribution in [3.8, 4) is 11.5 Å². The molecule has 9 heteroatoms. The molecule has 0 saturated heterocycles. The summed E-state index contributed by atoms with van der Waals surface area (Å²) in [6.07, 6.45) is 1.53. The van der Waals surface area contributed by atoms with Crippen LogP contribution in [-0.2, 0) is 16.1 Å². The fourth-order valence-corrected chi connectivity index (χ4v) is 3.60. The SMILES string of the molecule is O=C(CSc1ncccc1C(=O)OCc1cccc(F)c1)Nc1ccc2c(c1)OCO2. The number of thioether (sulfide) groups is 1. The summed E-state index contributed by atoms with van der Waals surface area (Å²) in [6.45, 7) is 0.0839. The Balaban J connectivity index is 1.34. The third-order valence-electron chi connectivity index (χ3n) is 4.25. The largest absolute Gasteiger partial charge is 0.457 e. The van der Waals surface area contributed by atoms with Gasteiger partial charge >= 0.3 is 5.97 Å². The number of aromatic nitrogens is 1. The zero-order chi connectivity index (χ0) is 21.6. The summed E-state index contributed by atoms with van der Waals surface area (Å²) < 4.78 is 29.1. The maximum Gasteiger partial charge on any atom is 0.341 e. The smallest absolute Gasteiger partial charge is 0.341 e. The average molecular weight is 440 g/mol. The number of ether oxygens (including phenoxy) is 3. The van der Waals surface area contributed by atoms with Crippen molar-refractivity contribution < 1.29 is 28.2 Å². The molecule has 0 bridgehead atoms. The minimum absolute atomic E-state index is 0.0373. The maximum absolute atomic E-state index is 13.3. The fraction of sp³-hybridized carbons (Fsp3) is 0.136. The number of hydrogen-bond donors (Lipinski definition) is 1. The number of nitrogens with one attached hydrogen (secondary N) is 1. The molecule has 0 aliphatic carbocycles. The summed E-state index contributed by atoms with van der Waals surface area (Å²) >= 11 is 1.11. The summed E-state index contributed by atoms with van der Waals surface area (Å²) in [7, 11) is 0. The van der Waals surface area contributed by atoms with E-state index in [0.717, 1.165) is 11.8 Å². The van der Waals surface area contributed by atoms with Gasteiger partial charge in [-0.25, -0.2) is 14.2 Å². The van der Waals surface area contributed by atoms with Crippen LogP contribution in [0.15, 0.2) is 65.8 Å². The van der Waals surface area contributed by atoms with Crippen molar-refractivity contribution in [2.24, 2.45) is 0 Å². The van der Waals surface area contributed by atoms with Crippen LogP contribution in [0.1, 0.15) is 15.9 Å². The monoisotopic (exact) mass is 440 g/mol. The van der Waals surface area contributed by atoms with Crippen molar-refractivity contribution in [1.29, 1.82) is 0 Å². The summed E-state index contributed by atoms with van der Waals surface area (Å²) in [6, 6.07) is 14.1. The van der Waals surface area contributed by atoms with Gasteiger partial charge in [-0.3, -0.25) is 4.79 Å². The fourth-order valence-electron chi connectivity index (χ4n) is 2.82. The van der Waals surface area contributed by atoms with E-state index in [0.29, 0.717) is 27.8 Å². The predicted molar refractivity (Wildman–Crippen MR) is 112 cm³/mol. The first-order valence-corrected chi connectivity index (χ1v) is 10.3. The Morgan fingerprint density at radius 2 is 1.97 bits per heavy atom. The van der Waals surface area contributed by atoms with Crippen LogP contribution in [0.25, 0.3) is 0 Å². The molecule has 31 heavy (non-hydrogen) atoms. The van der Waals surface area contributed by atoms with Crippen molar-refractivity contribution in [3.05, 3.63) is 77.7 Å². The molecule has 0 atom stereocenters. The minimum Gasteiger partial charge on any atom is -0.457 e. The van der Waals surface area contributed by atoms with Crippen LogP contribution in [0.4, 0.5) is 10.1 Å². The molecular formula is C22H17FN2O5S. The molecule has 1 amide bonds. The van der Waals surface area contributed by atoms with E-state index >= 15 is 0 Å². The Morgan fingerprint density at radius 3 is 2.84 bits per heavy atom.